The number of hydrogen-bond donors (Lipinski definition) is 2. The Bertz CT molecular complexity index is 970. The fraction of sp³-hybridized carbons (Fsp3) is 0.304. The van der Waals surface area contributed by atoms with Crippen LogP contribution in [0.25, 0.3) is 0 Å². The number of guanidine groups is 1. The summed E-state index contributed by atoms with van der Waals surface area (Å²) in [7, 11) is 0. The first-order valence-electron chi connectivity index (χ1n) is 10.5. The number of aromatic nitrogens is 2. The van der Waals surface area contributed by atoms with Gasteiger partial charge in [-0.3, -0.25) is 9.67 Å². The Hall–Kier alpha value is -2.40. The first-order chi connectivity index (χ1) is 15.4. The molecule has 3 aromatic rings. The van der Waals surface area contributed by atoms with Crippen LogP contribution in [0.15, 0.2) is 76.9 Å². The number of thioether (sulfide) groups is 1. The number of fused-ring (bicyclic) bond motifs is 1. The lowest BCUT2D eigenvalue weighted by Crippen LogP contribution is -2.33. The summed E-state index contributed by atoms with van der Waals surface area (Å²) in [6, 6.07) is 18.2. The summed E-state index contributed by atoms with van der Waals surface area (Å²) in [5, 5.41) is 11.1. The SMILES string of the molecule is I.c1ccc(SCCNC(=NCCn2cccn2)Nc2ccc3c(c2)OCCCO3)cc1. The molecule has 2 aromatic carbocycles. The number of halogens is 1. The molecule has 0 bridgehead atoms. The first-order valence-corrected chi connectivity index (χ1v) is 11.5. The third kappa shape index (κ3) is 7.63. The molecule has 0 unspecified atom stereocenters. The van der Waals surface area contributed by atoms with Crippen molar-refractivity contribution in [1.82, 2.24) is 15.1 Å². The van der Waals surface area contributed by atoms with Gasteiger partial charge in [-0.15, -0.1) is 35.7 Å². The van der Waals surface area contributed by atoms with Gasteiger partial charge in [0, 0.05) is 47.8 Å². The van der Waals surface area contributed by atoms with E-state index in [4.69, 9.17) is 14.5 Å². The molecule has 170 valence electrons. The number of hydrogen-bond acceptors (Lipinski definition) is 5. The molecule has 32 heavy (non-hydrogen) atoms. The number of nitrogens with zero attached hydrogens (tertiary/aromatic N) is 3. The summed E-state index contributed by atoms with van der Waals surface area (Å²) in [6.07, 6.45) is 4.61. The van der Waals surface area contributed by atoms with Crippen LogP contribution in [-0.4, -0.2) is 47.8 Å². The van der Waals surface area contributed by atoms with Crippen molar-refractivity contribution in [3.63, 3.8) is 0 Å². The van der Waals surface area contributed by atoms with Crippen LogP contribution in [0, 0.1) is 0 Å². The Labute approximate surface area is 210 Å². The molecule has 0 saturated heterocycles. The Morgan fingerprint density at radius 1 is 1.06 bits per heavy atom. The highest BCUT2D eigenvalue weighted by Gasteiger charge is 2.11. The summed E-state index contributed by atoms with van der Waals surface area (Å²) in [4.78, 5) is 5.98. The smallest absolute Gasteiger partial charge is 0.195 e. The fourth-order valence-electron chi connectivity index (χ4n) is 3.07. The Morgan fingerprint density at radius 3 is 2.72 bits per heavy atom. The van der Waals surface area contributed by atoms with Gasteiger partial charge in [-0.1, -0.05) is 18.2 Å². The molecule has 1 aromatic heterocycles. The van der Waals surface area contributed by atoms with E-state index in [-0.39, 0.29) is 24.0 Å². The highest BCUT2D eigenvalue weighted by Crippen LogP contribution is 2.32. The zero-order valence-corrected chi connectivity index (χ0v) is 20.9. The van der Waals surface area contributed by atoms with Crippen molar-refractivity contribution in [2.45, 2.75) is 17.9 Å². The van der Waals surface area contributed by atoms with Crippen LogP contribution in [0.3, 0.4) is 0 Å². The van der Waals surface area contributed by atoms with Crippen LogP contribution in [0.5, 0.6) is 11.5 Å². The molecule has 0 spiro atoms. The second-order valence-corrected chi connectivity index (χ2v) is 8.09. The van der Waals surface area contributed by atoms with Gasteiger partial charge in [0.25, 0.3) is 0 Å². The van der Waals surface area contributed by atoms with E-state index < -0.39 is 0 Å². The Balaban J connectivity index is 0.00000289. The second-order valence-electron chi connectivity index (χ2n) is 6.92. The molecule has 2 N–H and O–H groups in total. The van der Waals surface area contributed by atoms with Crippen molar-refractivity contribution in [2.75, 3.05) is 37.4 Å². The number of anilines is 1. The van der Waals surface area contributed by atoms with Crippen LogP contribution in [0.2, 0.25) is 0 Å². The van der Waals surface area contributed by atoms with E-state index in [1.165, 1.54) is 4.90 Å². The van der Waals surface area contributed by atoms with Crippen LogP contribution >= 0.6 is 35.7 Å². The topological polar surface area (TPSA) is 72.7 Å². The third-order valence-electron chi connectivity index (χ3n) is 4.57. The molecule has 0 saturated carbocycles. The lowest BCUT2D eigenvalue weighted by Gasteiger charge is -2.14. The Kier molecular flexibility index (Phi) is 10.0. The van der Waals surface area contributed by atoms with Gasteiger partial charge in [-0.25, -0.2) is 0 Å². The average Bonchev–Trinajstić information content (AvgIpc) is 3.21. The molecule has 9 heteroatoms. The number of rotatable bonds is 8. The standard InChI is InChI=1S/C23H27N5O2S.HI/c1-2-6-20(7-3-1)31-17-12-25-23(24-11-14-28-13-4-10-26-28)27-19-8-9-21-22(18-19)30-16-5-15-29-21;/h1-4,6-10,13,18H,5,11-12,14-17H2,(H2,24,25,27);1H. The lowest BCUT2D eigenvalue weighted by molar-refractivity contribution is 0.297. The van der Waals surface area contributed by atoms with E-state index in [0.29, 0.717) is 19.8 Å². The van der Waals surface area contributed by atoms with Gasteiger partial charge in [0.2, 0.25) is 0 Å². The number of ether oxygens (including phenoxy) is 2. The minimum Gasteiger partial charge on any atom is -0.490 e. The molecule has 1 aliphatic rings. The molecule has 7 nitrogen and oxygen atoms in total. The van der Waals surface area contributed by atoms with E-state index in [1.54, 1.807) is 6.20 Å². The molecule has 0 aliphatic carbocycles. The van der Waals surface area contributed by atoms with Crippen molar-refractivity contribution in [2.24, 2.45) is 4.99 Å². The molecule has 0 fully saturated rings. The number of benzene rings is 2. The maximum absolute atomic E-state index is 5.81. The third-order valence-corrected chi connectivity index (χ3v) is 5.59. The molecule has 4 rings (SSSR count). The van der Waals surface area contributed by atoms with Crippen LogP contribution in [0.4, 0.5) is 5.69 Å². The van der Waals surface area contributed by atoms with Crippen molar-refractivity contribution >= 4 is 47.4 Å². The highest BCUT2D eigenvalue weighted by atomic mass is 127. The number of aliphatic imine (C=N–C) groups is 1. The summed E-state index contributed by atoms with van der Waals surface area (Å²) in [5.74, 6) is 3.21. The normalized spacial score (nSPS) is 13.1. The molecule has 2 heterocycles. The van der Waals surface area contributed by atoms with Crippen molar-refractivity contribution in [1.29, 1.82) is 0 Å². The van der Waals surface area contributed by atoms with E-state index in [0.717, 1.165) is 48.4 Å². The zero-order chi connectivity index (χ0) is 21.1. The van der Waals surface area contributed by atoms with Gasteiger partial charge >= 0.3 is 0 Å². The second kappa shape index (κ2) is 13.2. The maximum atomic E-state index is 5.81. The first kappa shape index (κ1) is 24.2. The van der Waals surface area contributed by atoms with Gasteiger partial charge in [-0.05, 0) is 30.3 Å². The molecule has 0 radical (unpaired) electrons. The molecule has 0 amide bonds. The molecule has 0 atom stereocenters. The monoisotopic (exact) mass is 565 g/mol. The van der Waals surface area contributed by atoms with E-state index in [2.05, 4.69) is 40.0 Å². The van der Waals surface area contributed by atoms with Gasteiger partial charge in [0.05, 0.1) is 26.3 Å². The quantitative estimate of drug-likeness (QED) is 0.138. The molecular formula is C23H28IN5O2S. The van der Waals surface area contributed by atoms with Crippen molar-refractivity contribution in [3.05, 3.63) is 67.0 Å². The zero-order valence-electron chi connectivity index (χ0n) is 17.8. The summed E-state index contributed by atoms with van der Waals surface area (Å²) >= 11 is 1.82. The minimum atomic E-state index is 0. The van der Waals surface area contributed by atoms with E-state index in [9.17, 15) is 0 Å². The fourth-order valence-corrected chi connectivity index (χ4v) is 3.86. The largest absolute Gasteiger partial charge is 0.490 e. The van der Waals surface area contributed by atoms with Gasteiger partial charge < -0.3 is 20.1 Å². The predicted molar refractivity (Wildman–Crippen MR) is 141 cm³/mol. The Morgan fingerprint density at radius 2 is 1.91 bits per heavy atom. The van der Waals surface area contributed by atoms with Crippen LogP contribution in [0.1, 0.15) is 6.42 Å². The van der Waals surface area contributed by atoms with E-state index >= 15 is 0 Å². The van der Waals surface area contributed by atoms with Crippen LogP contribution in [-0.2, 0) is 6.54 Å². The van der Waals surface area contributed by atoms with Crippen molar-refractivity contribution < 1.29 is 9.47 Å². The predicted octanol–water partition coefficient (Wildman–Crippen LogP) is 4.51. The lowest BCUT2D eigenvalue weighted by atomic mass is 10.3. The van der Waals surface area contributed by atoms with Gasteiger partial charge in [-0.2, -0.15) is 5.10 Å². The minimum absolute atomic E-state index is 0. The van der Waals surface area contributed by atoms with Crippen molar-refractivity contribution in [3.8, 4) is 11.5 Å². The van der Waals surface area contributed by atoms with Crippen LogP contribution < -0.4 is 20.1 Å². The average molecular weight is 565 g/mol. The maximum Gasteiger partial charge on any atom is 0.195 e. The summed E-state index contributed by atoms with van der Waals surface area (Å²) in [5.41, 5.74) is 0.908. The highest BCUT2D eigenvalue weighted by molar-refractivity contribution is 14.0. The summed E-state index contributed by atoms with van der Waals surface area (Å²) < 4.78 is 13.4. The summed E-state index contributed by atoms with van der Waals surface area (Å²) in [6.45, 7) is 3.47. The molecular weight excluding hydrogens is 537 g/mol. The number of nitrogens with one attached hydrogen (secondary N) is 2. The van der Waals surface area contributed by atoms with Gasteiger partial charge in [0.15, 0.2) is 17.5 Å². The molecule has 1 aliphatic heterocycles. The van der Waals surface area contributed by atoms with Gasteiger partial charge in [0.1, 0.15) is 0 Å². The van der Waals surface area contributed by atoms with E-state index in [1.807, 2.05) is 53.0 Å².